The van der Waals surface area contributed by atoms with Gasteiger partial charge in [0.2, 0.25) is 0 Å². The Labute approximate surface area is 175 Å². The molecule has 2 aromatic heterocycles. The van der Waals surface area contributed by atoms with Gasteiger partial charge in [-0.2, -0.15) is 0 Å². The van der Waals surface area contributed by atoms with Gasteiger partial charge in [-0.3, -0.25) is 0 Å². The summed E-state index contributed by atoms with van der Waals surface area (Å²) in [6.07, 6.45) is 3.57. The number of hydrogen-bond acceptors (Lipinski definition) is 2. The summed E-state index contributed by atoms with van der Waals surface area (Å²) in [5.41, 5.74) is 3.97. The number of pyridine rings is 2. The van der Waals surface area contributed by atoms with Crippen LogP contribution in [0.15, 0.2) is 95.7 Å². The summed E-state index contributed by atoms with van der Waals surface area (Å²) < 4.78 is 1.05. The minimum absolute atomic E-state index is 0. The molecule has 26 heavy (non-hydrogen) atoms. The minimum atomic E-state index is 0. The van der Waals surface area contributed by atoms with Crippen molar-refractivity contribution in [3.63, 3.8) is 0 Å². The Morgan fingerprint density at radius 2 is 1.27 bits per heavy atom. The van der Waals surface area contributed by atoms with E-state index in [0.29, 0.717) is 0 Å². The molecule has 2 nitrogen and oxygen atoms in total. The van der Waals surface area contributed by atoms with Crippen molar-refractivity contribution in [2.45, 2.75) is 0 Å². The molecule has 131 valence electrons. The maximum Gasteiger partial charge on any atom is 0.0160 e. The molecule has 4 aromatic rings. The van der Waals surface area contributed by atoms with Crippen LogP contribution in [0.25, 0.3) is 22.5 Å². The van der Waals surface area contributed by atoms with Gasteiger partial charge in [-0.15, -0.1) is 65.7 Å². The van der Waals surface area contributed by atoms with E-state index >= 15 is 0 Å². The van der Waals surface area contributed by atoms with Gasteiger partial charge in [0.05, 0.1) is 0 Å². The van der Waals surface area contributed by atoms with Gasteiger partial charge < -0.3 is 9.97 Å². The zero-order valence-corrected chi connectivity index (χ0v) is 17.7. The molecule has 0 spiro atoms. The van der Waals surface area contributed by atoms with Crippen molar-refractivity contribution in [3.8, 4) is 22.5 Å². The van der Waals surface area contributed by atoms with Crippen molar-refractivity contribution in [2.24, 2.45) is 0 Å². The summed E-state index contributed by atoms with van der Waals surface area (Å²) in [5, 5.41) is 0. The number of aromatic nitrogens is 2. The van der Waals surface area contributed by atoms with Crippen LogP contribution in [0.1, 0.15) is 0 Å². The molecule has 4 heteroatoms. The van der Waals surface area contributed by atoms with Crippen LogP contribution in [0.3, 0.4) is 0 Å². The molecular weight excluding hydrogens is 564 g/mol. The normalized spacial score (nSPS) is 9.42. The van der Waals surface area contributed by atoms with E-state index in [-0.39, 0.29) is 20.1 Å². The first kappa shape index (κ1) is 20.2. The van der Waals surface area contributed by atoms with Gasteiger partial charge in [0.25, 0.3) is 0 Å². The van der Waals surface area contributed by atoms with Gasteiger partial charge in [-0.25, -0.2) is 0 Å². The molecule has 0 N–H and O–H groups in total. The fourth-order valence-corrected chi connectivity index (χ4v) is 2.54. The third kappa shape index (κ3) is 5.99. The third-order valence-electron chi connectivity index (χ3n) is 3.35. The quantitative estimate of drug-likeness (QED) is 0.278. The number of hydrogen-bond donors (Lipinski definition) is 0. The molecule has 0 amide bonds. The van der Waals surface area contributed by atoms with Gasteiger partial charge >= 0.3 is 0 Å². The minimum Gasteiger partial charge on any atom is -0.305 e. The number of nitrogens with zero attached hydrogens (tertiary/aromatic N) is 2. The van der Waals surface area contributed by atoms with Crippen LogP contribution in [0.5, 0.6) is 0 Å². The molecule has 2 aromatic carbocycles. The number of halogens is 1. The van der Waals surface area contributed by atoms with Crippen LogP contribution >= 0.6 is 15.9 Å². The van der Waals surface area contributed by atoms with Gasteiger partial charge in [0, 0.05) is 32.5 Å². The first-order valence-corrected chi connectivity index (χ1v) is 8.59. The van der Waals surface area contributed by atoms with E-state index < -0.39 is 0 Å². The van der Waals surface area contributed by atoms with E-state index in [4.69, 9.17) is 0 Å². The fraction of sp³-hybridized carbons (Fsp3) is 0. The predicted molar refractivity (Wildman–Crippen MR) is 105 cm³/mol. The molecule has 0 bridgehead atoms. The second kappa shape index (κ2) is 10.8. The summed E-state index contributed by atoms with van der Waals surface area (Å²) in [4.78, 5) is 8.46. The Kier molecular flexibility index (Phi) is 8.36. The van der Waals surface area contributed by atoms with Crippen LogP contribution in [0.2, 0.25) is 0 Å². The smallest absolute Gasteiger partial charge is 0.0160 e. The van der Waals surface area contributed by atoms with Crippen molar-refractivity contribution in [1.82, 2.24) is 9.97 Å². The van der Waals surface area contributed by atoms with E-state index in [1.54, 1.807) is 12.4 Å². The second-order valence-electron chi connectivity index (χ2n) is 5.13. The fourth-order valence-electron chi connectivity index (χ4n) is 2.18. The molecule has 0 saturated carbocycles. The summed E-state index contributed by atoms with van der Waals surface area (Å²) >= 11 is 3.41. The van der Waals surface area contributed by atoms with Crippen LogP contribution < -0.4 is 0 Å². The van der Waals surface area contributed by atoms with Gasteiger partial charge in [0.1, 0.15) is 0 Å². The van der Waals surface area contributed by atoms with Crippen LogP contribution in [0.4, 0.5) is 0 Å². The first-order chi connectivity index (χ1) is 12.3. The summed E-state index contributed by atoms with van der Waals surface area (Å²) in [6.45, 7) is 0. The maximum atomic E-state index is 4.24. The van der Waals surface area contributed by atoms with Crippen molar-refractivity contribution in [1.29, 1.82) is 0 Å². The van der Waals surface area contributed by atoms with Crippen molar-refractivity contribution in [2.75, 3.05) is 0 Å². The molecule has 0 aliphatic rings. The zero-order valence-electron chi connectivity index (χ0n) is 13.8. The Bertz CT molecular complexity index is 863. The monoisotopic (exact) mass is 579 g/mol. The molecule has 0 unspecified atom stereocenters. The van der Waals surface area contributed by atoms with Crippen molar-refractivity contribution < 1.29 is 20.1 Å². The summed E-state index contributed by atoms with van der Waals surface area (Å²) in [6, 6.07) is 31.6. The number of benzene rings is 2. The van der Waals surface area contributed by atoms with E-state index in [1.807, 2.05) is 78.9 Å². The summed E-state index contributed by atoms with van der Waals surface area (Å²) in [5.74, 6) is 0. The van der Waals surface area contributed by atoms with Crippen molar-refractivity contribution >= 4 is 15.9 Å². The van der Waals surface area contributed by atoms with Crippen molar-refractivity contribution in [3.05, 3.63) is 108 Å². The Hall–Kier alpha value is -2.13. The van der Waals surface area contributed by atoms with Gasteiger partial charge in [0.15, 0.2) is 0 Å². The molecular formula is C22H15BrIrN2-2. The molecule has 0 saturated heterocycles. The zero-order chi connectivity index (χ0) is 17.3. The molecule has 0 fully saturated rings. The van der Waals surface area contributed by atoms with Crippen LogP contribution in [0, 0.1) is 12.1 Å². The molecule has 0 atom stereocenters. The number of rotatable bonds is 2. The van der Waals surface area contributed by atoms with E-state index in [2.05, 4.69) is 38.0 Å². The van der Waals surface area contributed by atoms with E-state index in [1.165, 1.54) is 0 Å². The SMILES string of the molecule is Brc1cc[c-]c(-c2ccccn2)c1.[Ir].[c-]1ccccc1-c1ccccn1. The van der Waals surface area contributed by atoms with Crippen LogP contribution in [-0.4, -0.2) is 9.97 Å². The summed E-state index contributed by atoms with van der Waals surface area (Å²) in [7, 11) is 0. The average molecular weight is 579 g/mol. The van der Waals surface area contributed by atoms with Crippen LogP contribution in [-0.2, 0) is 20.1 Å². The Balaban J connectivity index is 0.000000180. The van der Waals surface area contributed by atoms with E-state index in [9.17, 15) is 0 Å². The molecule has 0 aliphatic heterocycles. The molecule has 4 rings (SSSR count). The molecule has 2 heterocycles. The standard InChI is InChI=1S/C11H7BrN.C11H8N.Ir/c12-10-5-3-4-9(8-10)11-6-1-2-7-13-11;1-2-6-10(7-3-1)11-8-4-5-9-12-11;/h1-3,5-8H;1-6,8-9H;/q2*-1;. The second-order valence-corrected chi connectivity index (χ2v) is 6.04. The Morgan fingerprint density at radius 1 is 0.654 bits per heavy atom. The maximum absolute atomic E-state index is 4.24. The van der Waals surface area contributed by atoms with E-state index in [0.717, 1.165) is 27.0 Å². The molecule has 1 radical (unpaired) electrons. The molecule has 0 aliphatic carbocycles. The van der Waals surface area contributed by atoms with Gasteiger partial charge in [-0.1, -0.05) is 44.7 Å². The third-order valence-corrected chi connectivity index (χ3v) is 3.85. The average Bonchev–Trinajstić information content (AvgIpc) is 2.71. The first-order valence-electron chi connectivity index (χ1n) is 7.80. The largest absolute Gasteiger partial charge is 0.305 e. The Morgan fingerprint density at radius 3 is 1.81 bits per heavy atom. The van der Waals surface area contributed by atoms with Gasteiger partial charge in [-0.05, 0) is 23.5 Å². The predicted octanol–water partition coefficient (Wildman–Crippen LogP) is 5.86. The topological polar surface area (TPSA) is 25.8 Å².